The summed E-state index contributed by atoms with van der Waals surface area (Å²) in [5.41, 5.74) is -0.0930. The molecule has 3 rings (SSSR count). The summed E-state index contributed by atoms with van der Waals surface area (Å²) in [6.07, 6.45) is -4.51. The highest BCUT2D eigenvalue weighted by Gasteiger charge is 2.44. The van der Waals surface area contributed by atoms with E-state index in [1.165, 1.54) is 31.4 Å². The maximum Gasteiger partial charge on any atom is 0.416 e. The molecular weight excluding hydrogens is 437 g/mol. The van der Waals surface area contributed by atoms with Crippen molar-refractivity contribution >= 4 is 10.0 Å². The first-order valence-electron chi connectivity index (χ1n) is 9.29. The third kappa shape index (κ3) is 4.95. The Bertz CT molecular complexity index is 1030. The molecule has 0 bridgehead atoms. The molecule has 1 heterocycles. The Hall–Kier alpha value is -2.34. The van der Waals surface area contributed by atoms with Gasteiger partial charge in [-0.15, -0.1) is 0 Å². The Kier molecular flexibility index (Phi) is 6.79. The molecule has 170 valence electrons. The van der Waals surface area contributed by atoms with Crippen molar-refractivity contribution in [3.8, 4) is 11.5 Å². The number of rotatable bonds is 7. The molecule has 2 atom stereocenters. The fraction of sp³-hybridized carbons (Fsp3) is 0.400. The number of nitrogens with zero attached hydrogens (tertiary/aromatic N) is 1. The molecule has 1 fully saturated rings. The Morgan fingerprint density at radius 3 is 2.52 bits per heavy atom. The van der Waals surface area contributed by atoms with Crippen molar-refractivity contribution < 1.29 is 35.9 Å². The fourth-order valence-electron chi connectivity index (χ4n) is 3.55. The van der Waals surface area contributed by atoms with Gasteiger partial charge in [0.15, 0.2) is 11.5 Å². The summed E-state index contributed by atoms with van der Waals surface area (Å²) in [4.78, 5) is 5.48. The highest BCUT2D eigenvalue weighted by atomic mass is 32.2. The van der Waals surface area contributed by atoms with E-state index in [0.717, 1.165) is 12.1 Å². The molecule has 0 radical (unpaired) electrons. The van der Waals surface area contributed by atoms with Gasteiger partial charge in [0, 0.05) is 19.2 Å². The molecule has 1 N–H and O–H groups in total. The van der Waals surface area contributed by atoms with Gasteiger partial charge in [-0.3, -0.25) is 4.84 Å². The van der Waals surface area contributed by atoms with E-state index in [-0.39, 0.29) is 18.7 Å². The normalized spacial score (nSPS) is 20.1. The van der Waals surface area contributed by atoms with Gasteiger partial charge in [-0.1, -0.05) is 30.3 Å². The highest BCUT2D eigenvalue weighted by Crippen LogP contribution is 2.42. The van der Waals surface area contributed by atoms with Crippen LogP contribution >= 0.6 is 0 Å². The predicted octanol–water partition coefficient (Wildman–Crippen LogP) is 3.13. The minimum absolute atomic E-state index is 0.126. The van der Waals surface area contributed by atoms with Crippen molar-refractivity contribution in [3.63, 3.8) is 0 Å². The van der Waals surface area contributed by atoms with Gasteiger partial charge in [-0.05, 0) is 17.7 Å². The quantitative estimate of drug-likeness (QED) is 0.684. The van der Waals surface area contributed by atoms with Crippen molar-refractivity contribution in [2.45, 2.75) is 24.0 Å². The van der Waals surface area contributed by atoms with Crippen LogP contribution in [-0.2, 0) is 27.6 Å². The summed E-state index contributed by atoms with van der Waals surface area (Å²) in [7, 11) is 0.552. The van der Waals surface area contributed by atoms with Crippen molar-refractivity contribution in [1.82, 2.24) is 9.79 Å². The highest BCUT2D eigenvalue weighted by molar-refractivity contribution is 7.90. The van der Waals surface area contributed by atoms with Gasteiger partial charge in [-0.2, -0.15) is 18.2 Å². The van der Waals surface area contributed by atoms with Gasteiger partial charge in [0.1, 0.15) is 5.25 Å². The zero-order chi connectivity index (χ0) is 22.8. The Balaban J connectivity index is 1.86. The van der Waals surface area contributed by atoms with E-state index in [2.05, 4.69) is 4.72 Å². The van der Waals surface area contributed by atoms with Crippen molar-refractivity contribution in [3.05, 3.63) is 59.2 Å². The van der Waals surface area contributed by atoms with Crippen LogP contribution in [-0.4, -0.2) is 46.6 Å². The smallest absolute Gasteiger partial charge is 0.416 e. The van der Waals surface area contributed by atoms with Crippen LogP contribution in [0.25, 0.3) is 0 Å². The van der Waals surface area contributed by atoms with E-state index >= 15 is 0 Å². The molecule has 2 aromatic rings. The van der Waals surface area contributed by atoms with Crippen LogP contribution in [0.5, 0.6) is 11.5 Å². The summed E-state index contributed by atoms with van der Waals surface area (Å²) in [5, 5.41) is 0.398. The van der Waals surface area contributed by atoms with Crippen LogP contribution in [0.3, 0.4) is 0 Å². The van der Waals surface area contributed by atoms with E-state index in [9.17, 15) is 21.6 Å². The number of nitrogens with one attached hydrogen (secondary N) is 1. The Morgan fingerprint density at radius 2 is 1.87 bits per heavy atom. The fourth-order valence-corrected chi connectivity index (χ4v) is 5.02. The average Bonchev–Trinajstić information content (AvgIpc) is 3.13. The van der Waals surface area contributed by atoms with Crippen LogP contribution in [0.15, 0.2) is 42.5 Å². The molecule has 0 unspecified atom stereocenters. The van der Waals surface area contributed by atoms with E-state index in [4.69, 9.17) is 14.3 Å². The number of hydrogen-bond acceptors (Lipinski definition) is 6. The second-order valence-corrected chi connectivity index (χ2v) is 8.96. The van der Waals surface area contributed by atoms with E-state index in [0.29, 0.717) is 17.1 Å². The van der Waals surface area contributed by atoms with Crippen LogP contribution in [0.2, 0.25) is 0 Å². The molecule has 1 aliphatic rings. The summed E-state index contributed by atoms with van der Waals surface area (Å²) in [6.45, 7) is -0.409. The number of methoxy groups -OCH3 is 2. The van der Waals surface area contributed by atoms with Gasteiger partial charge in [0.25, 0.3) is 0 Å². The van der Waals surface area contributed by atoms with E-state index in [1.54, 1.807) is 25.2 Å². The zero-order valence-electron chi connectivity index (χ0n) is 17.1. The summed E-state index contributed by atoms with van der Waals surface area (Å²) in [6, 6.07) is 8.91. The SMILES string of the molecule is COc1cccc([C@@H]2[C@@H](S(=O)(=O)NCc3cccc(C(F)(F)F)c3)CON2C)c1OC. The van der Waals surface area contributed by atoms with Crippen LogP contribution < -0.4 is 14.2 Å². The second kappa shape index (κ2) is 9.03. The lowest BCUT2D eigenvalue weighted by atomic mass is 10.0. The van der Waals surface area contributed by atoms with Crippen molar-refractivity contribution in [1.29, 1.82) is 0 Å². The first kappa shape index (κ1) is 23.3. The number of alkyl halides is 3. The largest absolute Gasteiger partial charge is 0.493 e. The molecule has 0 aliphatic carbocycles. The number of halogens is 3. The third-order valence-electron chi connectivity index (χ3n) is 5.07. The molecule has 0 amide bonds. The van der Waals surface area contributed by atoms with Crippen molar-refractivity contribution in [2.75, 3.05) is 27.9 Å². The molecule has 2 aromatic carbocycles. The van der Waals surface area contributed by atoms with E-state index in [1.807, 2.05) is 0 Å². The van der Waals surface area contributed by atoms with Gasteiger partial charge < -0.3 is 9.47 Å². The first-order chi connectivity index (χ1) is 14.6. The average molecular weight is 460 g/mol. The van der Waals surface area contributed by atoms with Crippen LogP contribution in [0.1, 0.15) is 22.7 Å². The van der Waals surface area contributed by atoms with E-state index < -0.39 is 33.1 Å². The lowest BCUT2D eigenvalue weighted by molar-refractivity contribution is -0.137. The standard InChI is InChI=1S/C20H23F3N2O5S/c1-25-18(15-8-5-9-16(28-2)19(15)29-3)17(12-30-25)31(26,27)24-11-13-6-4-7-14(10-13)20(21,22)23/h4-10,17-18,24H,11-12H2,1-3H3/t17-,18+/m0/s1. The molecule has 11 heteroatoms. The monoisotopic (exact) mass is 460 g/mol. The third-order valence-corrected chi connectivity index (χ3v) is 6.81. The molecule has 31 heavy (non-hydrogen) atoms. The van der Waals surface area contributed by atoms with Gasteiger partial charge in [0.2, 0.25) is 10.0 Å². The van der Waals surface area contributed by atoms with Crippen LogP contribution in [0.4, 0.5) is 13.2 Å². The maximum atomic E-state index is 13.1. The number of hydrogen-bond donors (Lipinski definition) is 1. The maximum absolute atomic E-state index is 13.1. The molecular formula is C20H23F3N2O5S. The Morgan fingerprint density at radius 1 is 1.16 bits per heavy atom. The number of benzene rings is 2. The minimum Gasteiger partial charge on any atom is -0.493 e. The molecule has 0 saturated carbocycles. The summed E-state index contributed by atoms with van der Waals surface area (Å²) < 4.78 is 78.0. The summed E-state index contributed by atoms with van der Waals surface area (Å²) >= 11 is 0. The lowest BCUT2D eigenvalue weighted by Crippen LogP contribution is -2.39. The minimum atomic E-state index is -4.51. The first-order valence-corrected chi connectivity index (χ1v) is 10.8. The van der Waals surface area contributed by atoms with Crippen LogP contribution in [0, 0.1) is 0 Å². The van der Waals surface area contributed by atoms with Gasteiger partial charge >= 0.3 is 6.18 Å². The number of ether oxygens (including phenoxy) is 2. The molecule has 1 aliphatic heterocycles. The summed E-state index contributed by atoms with van der Waals surface area (Å²) in [5.74, 6) is 0.818. The molecule has 7 nitrogen and oxygen atoms in total. The predicted molar refractivity (Wildman–Crippen MR) is 107 cm³/mol. The zero-order valence-corrected chi connectivity index (χ0v) is 18.0. The number of hydroxylamine groups is 2. The molecule has 1 saturated heterocycles. The Labute approximate surface area is 178 Å². The number of sulfonamides is 1. The van der Waals surface area contributed by atoms with Gasteiger partial charge in [0.05, 0.1) is 32.4 Å². The number of para-hydroxylation sites is 1. The van der Waals surface area contributed by atoms with Crippen molar-refractivity contribution in [2.24, 2.45) is 0 Å². The molecule has 0 aromatic heterocycles. The second-order valence-electron chi connectivity index (χ2n) is 6.97. The van der Waals surface area contributed by atoms with Gasteiger partial charge in [-0.25, -0.2) is 13.1 Å². The molecule has 0 spiro atoms. The lowest BCUT2D eigenvalue weighted by Gasteiger charge is -2.25. The topological polar surface area (TPSA) is 77.1 Å².